The molecule has 0 saturated heterocycles. The number of benzene rings is 2. The second-order valence-corrected chi connectivity index (χ2v) is 5.20. The Labute approximate surface area is 112 Å². The number of anilines is 1. The Morgan fingerprint density at radius 1 is 1.11 bits per heavy atom. The minimum atomic E-state index is 0.519. The van der Waals surface area contributed by atoms with Gasteiger partial charge in [-0.15, -0.1) is 0 Å². The number of fused-ring (bicyclic) bond motifs is 3. The van der Waals surface area contributed by atoms with Crippen molar-refractivity contribution in [3.8, 4) is 5.75 Å². The van der Waals surface area contributed by atoms with Crippen molar-refractivity contribution in [1.82, 2.24) is 4.98 Å². The number of nitrogens with one attached hydrogen (secondary N) is 1. The molecule has 0 aliphatic rings. The minimum Gasteiger partial charge on any atom is -0.492 e. The number of H-pyrrole nitrogens is 1. The largest absolute Gasteiger partial charge is 0.492 e. The highest BCUT2D eigenvalue weighted by Gasteiger charge is 2.12. The van der Waals surface area contributed by atoms with Crippen LogP contribution in [-0.4, -0.2) is 12.1 Å². The van der Waals surface area contributed by atoms with E-state index in [9.17, 15) is 0 Å². The van der Waals surface area contributed by atoms with Gasteiger partial charge in [0.1, 0.15) is 0 Å². The molecule has 0 unspecified atom stereocenters. The van der Waals surface area contributed by atoms with Gasteiger partial charge in [0.25, 0.3) is 0 Å². The van der Waals surface area contributed by atoms with Gasteiger partial charge in [-0.2, -0.15) is 0 Å². The van der Waals surface area contributed by atoms with Crippen LogP contribution in [0.2, 0.25) is 0 Å². The van der Waals surface area contributed by atoms with Crippen LogP contribution in [0.5, 0.6) is 5.75 Å². The van der Waals surface area contributed by atoms with Gasteiger partial charge in [0, 0.05) is 16.3 Å². The summed E-state index contributed by atoms with van der Waals surface area (Å²) in [7, 11) is 1.65. The predicted molar refractivity (Wildman–Crippen MR) is 80.9 cm³/mol. The molecule has 3 N–H and O–H groups in total. The summed E-state index contributed by atoms with van der Waals surface area (Å²) in [5.74, 6) is 1.24. The number of aromatic amines is 1. The van der Waals surface area contributed by atoms with E-state index in [1.807, 2.05) is 6.07 Å². The van der Waals surface area contributed by atoms with E-state index in [1.165, 1.54) is 10.9 Å². The fraction of sp³-hybridized carbons (Fsp3) is 0.250. The van der Waals surface area contributed by atoms with Crippen molar-refractivity contribution in [2.24, 2.45) is 0 Å². The summed E-state index contributed by atoms with van der Waals surface area (Å²) in [4.78, 5) is 3.40. The first-order chi connectivity index (χ1) is 9.11. The predicted octanol–water partition coefficient (Wildman–Crippen LogP) is 4.04. The molecule has 98 valence electrons. The lowest BCUT2D eigenvalue weighted by Crippen LogP contribution is -1.92. The zero-order valence-electron chi connectivity index (χ0n) is 11.4. The summed E-state index contributed by atoms with van der Waals surface area (Å²) in [6.07, 6.45) is 0. The summed E-state index contributed by atoms with van der Waals surface area (Å²) in [6, 6.07) is 10.5. The van der Waals surface area contributed by atoms with Gasteiger partial charge in [-0.3, -0.25) is 0 Å². The zero-order valence-corrected chi connectivity index (χ0v) is 11.4. The molecular formula is C16H18N2O. The van der Waals surface area contributed by atoms with Gasteiger partial charge in [-0.25, -0.2) is 0 Å². The maximum absolute atomic E-state index is 5.95. The van der Waals surface area contributed by atoms with Crippen molar-refractivity contribution in [2.75, 3.05) is 12.8 Å². The van der Waals surface area contributed by atoms with Gasteiger partial charge in [-0.1, -0.05) is 19.9 Å². The van der Waals surface area contributed by atoms with E-state index in [-0.39, 0.29) is 0 Å². The maximum Gasteiger partial charge on any atom is 0.165 e. The van der Waals surface area contributed by atoms with Crippen molar-refractivity contribution in [3.05, 3.63) is 35.9 Å². The van der Waals surface area contributed by atoms with E-state index in [2.05, 4.69) is 43.1 Å². The minimum absolute atomic E-state index is 0.519. The molecule has 19 heavy (non-hydrogen) atoms. The highest BCUT2D eigenvalue weighted by Crippen LogP contribution is 2.36. The lowest BCUT2D eigenvalue weighted by molar-refractivity contribution is 0.421. The Morgan fingerprint density at radius 3 is 2.58 bits per heavy atom. The van der Waals surface area contributed by atoms with Crippen LogP contribution in [0.25, 0.3) is 21.8 Å². The summed E-state index contributed by atoms with van der Waals surface area (Å²) >= 11 is 0. The van der Waals surface area contributed by atoms with E-state index in [4.69, 9.17) is 10.5 Å². The number of methoxy groups -OCH3 is 1. The standard InChI is InChI=1S/C16H18N2O/c1-9(2)10-4-7-14-12(8-10)11-5-6-13(17)16(19-3)15(11)18-14/h4-9,18H,17H2,1-3H3. The molecule has 0 atom stereocenters. The monoisotopic (exact) mass is 254 g/mol. The molecular weight excluding hydrogens is 236 g/mol. The van der Waals surface area contributed by atoms with E-state index in [1.54, 1.807) is 7.11 Å². The number of nitrogens with two attached hydrogens (primary N) is 1. The molecule has 3 aromatic rings. The maximum atomic E-state index is 5.95. The quantitative estimate of drug-likeness (QED) is 0.678. The van der Waals surface area contributed by atoms with Crippen molar-refractivity contribution >= 4 is 27.5 Å². The van der Waals surface area contributed by atoms with Crippen molar-refractivity contribution in [3.63, 3.8) is 0 Å². The lowest BCUT2D eigenvalue weighted by atomic mass is 10.0. The Bertz CT molecular complexity index is 756. The first kappa shape index (κ1) is 11.9. The Kier molecular flexibility index (Phi) is 2.63. The van der Waals surface area contributed by atoms with Gasteiger partial charge in [0.15, 0.2) is 5.75 Å². The molecule has 0 bridgehead atoms. The second-order valence-electron chi connectivity index (χ2n) is 5.20. The molecule has 0 radical (unpaired) electrons. The third-order valence-electron chi connectivity index (χ3n) is 3.65. The van der Waals surface area contributed by atoms with Gasteiger partial charge in [-0.05, 0) is 35.7 Å². The average Bonchev–Trinajstić information content (AvgIpc) is 2.75. The van der Waals surface area contributed by atoms with Crippen molar-refractivity contribution < 1.29 is 4.74 Å². The molecule has 1 aromatic heterocycles. The zero-order chi connectivity index (χ0) is 13.6. The van der Waals surface area contributed by atoms with Crippen molar-refractivity contribution in [2.45, 2.75) is 19.8 Å². The summed E-state index contributed by atoms with van der Waals surface area (Å²) in [6.45, 7) is 4.41. The molecule has 0 amide bonds. The lowest BCUT2D eigenvalue weighted by Gasteiger charge is -2.05. The SMILES string of the molecule is COc1c(N)ccc2c1[nH]c1ccc(C(C)C)cc12. The molecule has 0 aliphatic heterocycles. The van der Waals surface area contributed by atoms with Crippen molar-refractivity contribution in [1.29, 1.82) is 0 Å². The van der Waals surface area contributed by atoms with Crippen LogP contribution in [0.1, 0.15) is 25.3 Å². The highest BCUT2D eigenvalue weighted by molar-refractivity contribution is 6.10. The van der Waals surface area contributed by atoms with Crippen LogP contribution in [0, 0.1) is 0 Å². The number of nitrogen functional groups attached to an aromatic ring is 1. The Morgan fingerprint density at radius 2 is 1.89 bits per heavy atom. The average molecular weight is 254 g/mol. The smallest absolute Gasteiger partial charge is 0.165 e. The molecule has 0 spiro atoms. The molecule has 0 fully saturated rings. The Balaban J connectivity index is 2.39. The number of rotatable bonds is 2. The Hall–Kier alpha value is -2.16. The van der Waals surface area contributed by atoms with E-state index in [0.717, 1.165) is 22.2 Å². The first-order valence-electron chi connectivity index (χ1n) is 6.49. The molecule has 3 nitrogen and oxygen atoms in total. The molecule has 3 heteroatoms. The fourth-order valence-corrected chi connectivity index (χ4v) is 2.55. The first-order valence-corrected chi connectivity index (χ1v) is 6.49. The van der Waals surface area contributed by atoms with E-state index in [0.29, 0.717) is 11.6 Å². The second kappa shape index (κ2) is 4.19. The number of aromatic nitrogens is 1. The number of hydrogen-bond acceptors (Lipinski definition) is 2. The fourth-order valence-electron chi connectivity index (χ4n) is 2.55. The molecule has 1 heterocycles. The van der Waals surface area contributed by atoms with Gasteiger partial charge < -0.3 is 15.5 Å². The normalized spacial score (nSPS) is 11.6. The molecule has 0 aliphatic carbocycles. The summed E-state index contributed by atoms with van der Waals surface area (Å²) in [5.41, 5.74) is 10.0. The molecule has 0 saturated carbocycles. The number of ether oxygens (including phenoxy) is 1. The summed E-state index contributed by atoms with van der Waals surface area (Å²) in [5, 5.41) is 2.38. The summed E-state index contributed by atoms with van der Waals surface area (Å²) < 4.78 is 5.41. The van der Waals surface area contributed by atoms with Crippen LogP contribution in [-0.2, 0) is 0 Å². The van der Waals surface area contributed by atoms with E-state index >= 15 is 0 Å². The topological polar surface area (TPSA) is 51.0 Å². The van der Waals surface area contributed by atoms with Crippen LogP contribution in [0.4, 0.5) is 5.69 Å². The number of hydrogen-bond donors (Lipinski definition) is 2. The van der Waals surface area contributed by atoms with Crippen LogP contribution in [0.3, 0.4) is 0 Å². The van der Waals surface area contributed by atoms with E-state index < -0.39 is 0 Å². The highest BCUT2D eigenvalue weighted by atomic mass is 16.5. The van der Waals surface area contributed by atoms with Crippen LogP contribution in [0.15, 0.2) is 30.3 Å². The molecule has 3 rings (SSSR count). The van der Waals surface area contributed by atoms with Crippen LogP contribution >= 0.6 is 0 Å². The van der Waals surface area contributed by atoms with Gasteiger partial charge in [0.05, 0.1) is 18.3 Å². The van der Waals surface area contributed by atoms with Gasteiger partial charge in [0.2, 0.25) is 0 Å². The van der Waals surface area contributed by atoms with Crippen LogP contribution < -0.4 is 10.5 Å². The third kappa shape index (κ3) is 1.73. The third-order valence-corrected chi connectivity index (χ3v) is 3.65. The molecule has 2 aromatic carbocycles. The van der Waals surface area contributed by atoms with Gasteiger partial charge >= 0.3 is 0 Å².